The Morgan fingerprint density at radius 3 is 2.38 bits per heavy atom. The first kappa shape index (κ1) is 23.4. The maximum atomic E-state index is 12.6. The minimum atomic E-state index is -3.61. The topological polar surface area (TPSA) is 65.5 Å². The van der Waals surface area contributed by atoms with E-state index in [0.29, 0.717) is 11.7 Å². The Morgan fingerprint density at radius 2 is 1.83 bits per heavy atom. The molecule has 0 spiro atoms. The highest BCUT2D eigenvalue weighted by Crippen LogP contribution is 2.21. The molecule has 0 radical (unpaired) electrons. The van der Waals surface area contributed by atoms with E-state index in [1.165, 1.54) is 6.42 Å². The second-order valence-electron chi connectivity index (χ2n) is 7.34. The lowest BCUT2D eigenvalue weighted by Crippen LogP contribution is -2.52. The number of sulfonamides is 1. The van der Waals surface area contributed by atoms with E-state index in [2.05, 4.69) is 33.4 Å². The molecular weight excluding hydrogens is 408 g/mol. The molecule has 0 amide bonds. The molecule has 1 fully saturated rings. The third-order valence-corrected chi connectivity index (χ3v) is 6.64. The van der Waals surface area contributed by atoms with E-state index in [1.807, 2.05) is 25.1 Å². The molecule has 29 heavy (non-hydrogen) atoms. The molecule has 0 saturated carbocycles. The van der Waals surface area contributed by atoms with Crippen molar-refractivity contribution in [2.24, 2.45) is 0 Å². The third kappa shape index (κ3) is 5.84. The largest absolute Gasteiger partial charge is 0.354 e. The van der Waals surface area contributed by atoms with Gasteiger partial charge in [-0.05, 0) is 56.1 Å². The third-order valence-electron chi connectivity index (χ3n) is 5.24. The molecule has 1 aliphatic rings. The minimum absolute atomic E-state index is 0. The zero-order chi connectivity index (χ0) is 20.1. The second-order valence-corrected chi connectivity index (χ2v) is 9.02. The van der Waals surface area contributed by atoms with Crippen molar-refractivity contribution in [2.75, 3.05) is 35.8 Å². The Labute approximate surface area is 180 Å². The number of rotatable bonds is 7. The van der Waals surface area contributed by atoms with Crippen molar-refractivity contribution in [1.29, 1.82) is 0 Å². The van der Waals surface area contributed by atoms with Gasteiger partial charge < -0.3 is 4.90 Å². The zero-order valence-corrected chi connectivity index (χ0v) is 19.0. The van der Waals surface area contributed by atoms with Gasteiger partial charge in [0.15, 0.2) is 0 Å². The maximum absolute atomic E-state index is 12.6. The Kier molecular flexibility index (Phi) is 8.31. The van der Waals surface area contributed by atoms with Crippen LogP contribution in [0.25, 0.3) is 0 Å². The van der Waals surface area contributed by atoms with Gasteiger partial charge in [0.25, 0.3) is 10.0 Å². The lowest BCUT2D eigenvalue weighted by molar-refractivity contribution is 0.189. The summed E-state index contributed by atoms with van der Waals surface area (Å²) < 4.78 is 27.8. The number of aromatic nitrogens is 1. The smallest absolute Gasteiger partial charge is 0.261 e. The standard InChI is InChI=1S/C21H30N4O2S.ClH/c1-4-12-24-13-14-25(16-17(24)3)21-11-8-19(15-22-21)23-28(26,27)20-9-6-18(5-2)7-10-20;/h6-11,15,17,23H,4-5,12-14,16H2,1-3H3;1H/t17-;/m0./s1. The average molecular weight is 439 g/mol. The zero-order valence-electron chi connectivity index (χ0n) is 17.3. The molecule has 2 aromatic rings. The van der Waals surface area contributed by atoms with Gasteiger partial charge in [-0.25, -0.2) is 13.4 Å². The lowest BCUT2D eigenvalue weighted by atomic mass is 10.2. The maximum Gasteiger partial charge on any atom is 0.261 e. The molecule has 1 atom stereocenters. The van der Waals surface area contributed by atoms with E-state index in [-0.39, 0.29) is 17.3 Å². The van der Waals surface area contributed by atoms with Gasteiger partial charge in [-0.15, -0.1) is 12.4 Å². The van der Waals surface area contributed by atoms with Gasteiger partial charge in [0.2, 0.25) is 0 Å². The molecule has 0 bridgehead atoms. The summed E-state index contributed by atoms with van der Waals surface area (Å²) in [5.74, 6) is 0.887. The van der Waals surface area contributed by atoms with Crippen LogP contribution < -0.4 is 9.62 Å². The Hall–Kier alpha value is -1.83. The fourth-order valence-electron chi connectivity index (χ4n) is 3.57. The SMILES string of the molecule is CCCN1CCN(c2ccc(NS(=O)(=O)c3ccc(CC)cc3)cn2)C[C@@H]1C.Cl. The van der Waals surface area contributed by atoms with Crippen molar-refractivity contribution in [1.82, 2.24) is 9.88 Å². The highest BCUT2D eigenvalue weighted by Gasteiger charge is 2.23. The molecule has 2 heterocycles. The van der Waals surface area contributed by atoms with Crippen LogP contribution in [-0.2, 0) is 16.4 Å². The van der Waals surface area contributed by atoms with E-state index in [1.54, 1.807) is 24.4 Å². The van der Waals surface area contributed by atoms with Crippen LogP contribution in [0.4, 0.5) is 11.5 Å². The first-order chi connectivity index (χ1) is 13.4. The molecule has 1 aliphatic heterocycles. The minimum Gasteiger partial charge on any atom is -0.354 e. The highest BCUT2D eigenvalue weighted by molar-refractivity contribution is 7.92. The fraction of sp³-hybridized carbons (Fsp3) is 0.476. The number of hydrogen-bond donors (Lipinski definition) is 1. The number of aryl methyl sites for hydroxylation is 1. The number of pyridine rings is 1. The van der Waals surface area contributed by atoms with Gasteiger partial charge in [-0.3, -0.25) is 9.62 Å². The number of nitrogens with zero attached hydrogens (tertiary/aromatic N) is 3. The summed E-state index contributed by atoms with van der Waals surface area (Å²) in [5, 5.41) is 0. The van der Waals surface area contributed by atoms with Crippen LogP contribution in [0.5, 0.6) is 0 Å². The van der Waals surface area contributed by atoms with E-state index in [4.69, 9.17) is 0 Å². The molecule has 1 aromatic heterocycles. The first-order valence-electron chi connectivity index (χ1n) is 9.99. The van der Waals surface area contributed by atoms with E-state index in [9.17, 15) is 8.42 Å². The van der Waals surface area contributed by atoms with Gasteiger partial charge >= 0.3 is 0 Å². The summed E-state index contributed by atoms with van der Waals surface area (Å²) in [6, 6.07) is 11.1. The van der Waals surface area contributed by atoms with Gasteiger partial charge in [-0.1, -0.05) is 26.0 Å². The van der Waals surface area contributed by atoms with Crippen molar-refractivity contribution in [3.05, 3.63) is 48.2 Å². The number of halogens is 1. The summed E-state index contributed by atoms with van der Waals surface area (Å²) in [7, 11) is -3.61. The van der Waals surface area contributed by atoms with E-state index in [0.717, 1.165) is 44.0 Å². The van der Waals surface area contributed by atoms with E-state index >= 15 is 0 Å². The molecule has 1 aromatic carbocycles. The monoisotopic (exact) mass is 438 g/mol. The highest BCUT2D eigenvalue weighted by atomic mass is 35.5. The fourth-order valence-corrected chi connectivity index (χ4v) is 4.62. The van der Waals surface area contributed by atoms with Gasteiger partial charge in [0.1, 0.15) is 5.82 Å². The van der Waals surface area contributed by atoms with Crippen LogP contribution in [0, 0.1) is 0 Å². The molecule has 160 valence electrons. The Morgan fingerprint density at radius 1 is 1.10 bits per heavy atom. The summed E-state index contributed by atoms with van der Waals surface area (Å²) >= 11 is 0. The van der Waals surface area contributed by atoms with Crippen LogP contribution in [0.15, 0.2) is 47.5 Å². The quantitative estimate of drug-likeness (QED) is 0.712. The van der Waals surface area contributed by atoms with Crippen LogP contribution in [0.3, 0.4) is 0 Å². The number of piperazine rings is 1. The molecule has 1 saturated heterocycles. The molecule has 0 aliphatic carbocycles. The molecule has 8 heteroatoms. The van der Waals surface area contributed by atoms with Crippen LogP contribution in [-0.4, -0.2) is 50.5 Å². The summed E-state index contributed by atoms with van der Waals surface area (Å²) in [5.41, 5.74) is 1.58. The van der Waals surface area contributed by atoms with Crippen LogP contribution in [0.1, 0.15) is 32.8 Å². The van der Waals surface area contributed by atoms with Crippen molar-refractivity contribution in [3.8, 4) is 0 Å². The number of anilines is 2. The van der Waals surface area contributed by atoms with Gasteiger partial charge in [0.05, 0.1) is 16.8 Å². The Bertz CT molecular complexity index is 873. The normalized spacial score (nSPS) is 17.6. The first-order valence-corrected chi connectivity index (χ1v) is 11.5. The van der Waals surface area contributed by atoms with E-state index < -0.39 is 10.0 Å². The van der Waals surface area contributed by atoms with Crippen molar-refractivity contribution in [3.63, 3.8) is 0 Å². The summed E-state index contributed by atoms with van der Waals surface area (Å²) in [6.45, 7) is 10.5. The van der Waals surface area contributed by atoms with Crippen LogP contribution in [0.2, 0.25) is 0 Å². The molecule has 3 rings (SSSR count). The number of nitrogens with one attached hydrogen (secondary N) is 1. The Balaban J connectivity index is 0.00000300. The average Bonchev–Trinajstić information content (AvgIpc) is 2.70. The van der Waals surface area contributed by atoms with Crippen molar-refractivity contribution in [2.45, 2.75) is 44.6 Å². The summed E-state index contributed by atoms with van der Waals surface area (Å²) in [4.78, 5) is 9.52. The molecule has 1 N–H and O–H groups in total. The lowest BCUT2D eigenvalue weighted by Gasteiger charge is -2.40. The van der Waals surface area contributed by atoms with Crippen LogP contribution >= 0.6 is 12.4 Å². The number of benzene rings is 1. The second kappa shape index (κ2) is 10.3. The molecule has 6 nitrogen and oxygen atoms in total. The predicted octanol–water partition coefficient (Wildman–Crippen LogP) is 3.79. The van der Waals surface area contributed by atoms with Gasteiger partial charge in [-0.2, -0.15) is 0 Å². The van der Waals surface area contributed by atoms with Gasteiger partial charge in [0, 0.05) is 25.7 Å². The molecular formula is C21H31ClN4O2S. The van der Waals surface area contributed by atoms with Crippen molar-refractivity contribution >= 4 is 33.9 Å². The molecule has 0 unspecified atom stereocenters. The number of hydrogen-bond acceptors (Lipinski definition) is 5. The predicted molar refractivity (Wildman–Crippen MR) is 122 cm³/mol. The van der Waals surface area contributed by atoms with Crippen molar-refractivity contribution < 1.29 is 8.42 Å². The summed E-state index contributed by atoms with van der Waals surface area (Å²) in [6.07, 6.45) is 3.64.